The van der Waals surface area contributed by atoms with E-state index in [-0.39, 0.29) is 11.9 Å². The first-order chi connectivity index (χ1) is 9.04. The molecule has 0 aliphatic heterocycles. The van der Waals surface area contributed by atoms with E-state index in [2.05, 4.69) is 10.4 Å². The number of hydrogen-bond donors (Lipinski definition) is 1. The molecule has 1 aromatic rings. The van der Waals surface area contributed by atoms with Gasteiger partial charge in [-0.2, -0.15) is 5.10 Å². The number of nitrogens with one attached hydrogen (secondary N) is 1. The molecule has 0 radical (unpaired) electrons. The third kappa shape index (κ3) is 2.94. The fourth-order valence-electron chi connectivity index (χ4n) is 2.78. The molecule has 0 bridgehead atoms. The fourth-order valence-corrected chi connectivity index (χ4v) is 2.91. The van der Waals surface area contributed by atoms with Crippen LogP contribution in [-0.4, -0.2) is 21.7 Å². The summed E-state index contributed by atoms with van der Waals surface area (Å²) in [6, 6.07) is 0.0841. The molecule has 4 nitrogen and oxygen atoms in total. The Hall–Kier alpha value is -1.03. The van der Waals surface area contributed by atoms with E-state index >= 15 is 0 Å². The number of nitrogens with zero attached hydrogens (tertiary/aromatic N) is 2. The molecule has 1 saturated carbocycles. The van der Waals surface area contributed by atoms with Gasteiger partial charge in [0.05, 0.1) is 16.4 Å². The zero-order chi connectivity index (χ0) is 14.0. The van der Waals surface area contributed by atoms with Crippen LogP contribution in [0.25, 0.3) is 0 Å². The van der Waals surface area contributed by atoms with Crippen LogP contribution in [0.1, 0.15) is 56.5 Å². The molecule has 2 rings (SSSR count). The van der Waals surface area contributed by atoms with Crippen molar-refractivity contribution in [2.24, 2.45) is 0 Å². The van der Waals surface area contributed by atoms with E-state index in [0.717, 1.165) is 30.7 Å². The Morgan fingerprint density at radius 2 is 2.11 bits per heavy atom. The lowest BCUT2D eigenvalue weighted by Crippen LogP contribution is -2.38. The largest absolute Gasteiger partial charge is 0.352 e. The summed E-state index contributed by atoms with van der Waals surface area (Å²) in [6.07, 6.45) is 5.35. The standard InChI is InChI=1S/C14H22ClN3O/c1-4-12(14(19)16-11-7-5-6-8-11)18-10(3)13(15)9(2)17-18/h11-12H,4-8H2,1-3H3,(H,16,19). The summed E-state index contributed by atoms with van der Waals surface area (Å²) < 4.78 is 1.77. The molecule has 0 spiro atoms. The van der Waals surface area contributed by atoms with Crippen LogP contribution in [0, 0.1) is 13.8 Å². The SMILES string of the molecule is CCC(C(=O)NC1CCCC1)n1nc(C)c(Cl)c1C. The lowest BCUT2D eigenvalue weighted by atomic mass is 10.1. The Balaban J connectivity index is 2.14. The molecule has 19 heavy (non-hydrogen) atoms. The second-order valence-electron chi connectivity index (χ2n) is 5.34. The highest BCUT2D eigenvalue weighted by atomic mass is 35.5. The van der Waals surface area contributed by atoms with Crippen LogP contribution < -0.4 is 5.32 Å². The number of hydrogen-bond acceptors (Lipinski definition) is 2. The van der Waals surface area contributed by atoms with Gasteiger partial charge in [-0.05, 0) is 33.1 Å². The molecule has 0 saturated heterocycles. The Bertz CT molecular complexity index is 464. The Morgan fingerprint density at radius 3 is 2.58 bits per heavy atom. The van der Waals surface area contributed by atoms with Gasteiger partial charge in [-0.3, -0.25) is 9.48 Å². The van der Waals surface area contributed by atoms with Crippen molar-refractivity contribution in [2.45, 2.75) is 65.0 Å². The number of aromatic nitrogens is 2. The monoisotopic (exact) mass is 283 g/mol. The van der Waals surface area contributed by atoms with E-state index in [0.29, 0.717) is 11.1 Å². The molecule has 1 atom stereocenters. The fraction of sp³-hybridized carbons (Fsp3) is 0.714. The maximum absolute atomic E-state index is 12.4. The van der Waals surface area contributed by atoms with Gasteiger partial charge in [-0.15, -0.1) is 0 Å². The maximum Gasteiger partial charge on any atom is 0.245 e. The lowest BCUT2D eigenvalue weighted by Gasteiger charge is -2.20. The van der Waals surface area contributed by atoms with Crippen LogP contribution in [0.3, 0.4) is 0 Å². The molecule has 106 valence electrons. The first-order valence-corrected chi connectivity index (χ1v) is 7.44. The van der Waals surface area contributed by atoms with Gasteiger partial charge in [0.1, 0.15) is 6.04 Å². The third-order valence-electron chi connectivity index (χ3n) is 3.92. The molecule has 1 heterocycles. The summed E-state index contributed by atoms with van der Waals surface area (Å²) in [7, 11) is 0. The van der Waals surface area contributed by atoms with Crippen molar-refractivity contribution in [1.29, 1.82) is 0 Å². The van der Waals surface area contributed by atoms with Crippen molar-refractivity contribution in [3.8, 4) is 0 Å². The van der Waals surface area contributed by atoms with E-state index in [9.17, 15) is 4.79 Å². The second kappa shape index (κ2) is 5.95. The summed E-state index contributed by atoms with van der Waals surface area (Å²) in [4.78, 5) is 12.4. The summed E-state index contributed by atoms with van der Waals surface area (Å²) in [5.74, 6) is 0.0664. The van der Waals surface area contributed by atoms with Crippen molar-refractivity contribution in [3.63, 3.8) is 0 Å². The smallest absolute Gasteiger partial charge is 0.245 e. The predicted octanol–water partition coefficient (Wildman–Crippen LogP) is 3.16. The van der Waals surface area contributed by atoms with E-state index in [1.54, 1.807) is 4.68 Å². The minimum Gasteiger partial charge on any atom is -0.352 e. The van der Waals surface area contributed by atoms with Crippen LogP contribution in [0.5, 0.6) is 0 Å². The average Bonchev–Trinajstić information content (AvgIpc) is 2.96. The molecule has 1 fully saturated rings. The Kier molecular flexibility index (Phi) is 4.50. The minimum absolute atomic E-state index is 0.0664. The summed E-state index contributed by atoms with van der Waals surface area (Å²) in [5.41, 5.74) is 1.65. The number of halogens is 1. The molecule has 1 N–H and O–H groups in total. The average molecular weight is 284 g/mol. The van der Waals surface area contributed by atoms with Gasteiger partial charge in [0, 0.05) is 6.04 Å². The molecule has 1 aliphatic rings. The third-order valence-corrected chi connectivity index (χ3v) is 4.47. The highest BCUT2D eigenvalue weighted by molar-refractivity contribution is 6.31. The van der Waals surface area contributed by atoms with Crippen LogP contribution in [-0.2, 0) is 4.79 Å². The maximum atomic E-state index is 12.4. The van der Waals surface area contributed by atoms with Gasteiger partial charge in [-0.1, -0.05) is 31.4 Å². The van der Waals surface area contributed by atoms with Gasteiger partial charge in [-0.25, -0.2) is 0 Å². The number of amides is 1. The first kappa shape index (κ1) is 14.4. The Morgan fingerprint density at radius 1 is 1.47 bits per heavy atom. The molecule has 1 aromatic heterocycles. The van der Waals surface area contributed by atoms with Crippen molar-refractivity contribution in [1.82, 2.24) is 15.1 Å². The lowest BCUT2D eigenvalue weighted by molar-refractivity contribution is -0.125. The number of carbonyl (C=O) groups is 1. The van der Waals surface area contributed by atoms with Crippen LogP contribution in [0.2, 0.25) is 5.02 Å². The van der Waals surface area contributed by atoms with E-state index in [4.69, 9.17) is 11.6 Å². The second-order valence-corrected chi connectivity index (χ2v) is 5.72. The summed E-state index contributed by atoms with van der Waals surface area (Å²) in [5, 5.41) is 8.20. The minimum atomic E-state index is -0.258. The zero-order valence-electron chi connectivity index (χ0n) is 11.9. The van der Waals surface area contributed by atoms with Gasteiger partial charge in [0.25, 0.3) is 0 Å². The first-order valence-electron chi connectivity index (χ1n) is 7.06. The van der Waals surface area contributed by atoms with Crippen LogP contribution >= 0.6 is 11.6 Å². The van der Waals surface area contributed by atoms with Crippen molar-refractivity contribution in [2.75, 3.05) is 0 Å². The normalized spacial score (nSPS) is 17.7. The summed E-state index contributed by atoms with van der Waals surface area (Å²) in [6.45, 7) is 5.78. The van der Waals surface area contributed by atoms with Crippen molar-refractivity contribution in [3.05, 3.63) is 16.4 Å². The zero-order valence-corrected chi connectivity index (χ0v) is 12.6. The van der Waals surface area contributed by atoms with Crippen LogP contribution in [0.15, 0.2) is 0 Å². The summed E-state index contributed by atoms with van der Waals surface area (Å²) >= 11 is 6.16. The highest BCUT2D eigenvalue weighted by Gasteiger charge is 2.26. The van der Waals surface area contributed by atoms with Crippen molar-refractivity contribution >= 4 is 17.5 Å². The van der Waals surface area contributed by atoms with Gasteiger partial charge in [0.15, 0.2) is 0 Å². The molecular formula is C14H22ClN3O. The van der Waals surface area contributed by atoms with Gasteiger partial charge < -0.3 is 5.32 Å². The number of rotatable bonds is 4. The van der Waals surface area contributed by atoms with E-state index in [1.165, 1.54) is 12.8 Å². The van der Waals surface area contributed by atoms with Gasteiger partial charge >= 0.3 is 0 Å². The number of carbonyl (C=O) groups excluding carboxylic acids is 1. The topological polar surface area (TPSA) is 46.9 Å². The van der Waals surface area contributed by atoms with E-state index < -0.39 is 0 Å². The molecule has 1 unspecified atom stereocenters. The predicted molar refractivity (Wildman–Crippen MR) is 76.4 cm³/mol. The molecule has 1 aliphatic carbocycles. The Labute approximate surface area is 119 Å². The van der Waals surface area contributed by atoms with Crippen molar-refractivity contribution < 1.29 is 4.79 Å². The molecule has 5 heteroatoms. The number of aryl methyl sites for hydroxylation is 1. The van der Waals surface area contributed by atoms with Gasteiger partial charge in [0.2, 0.25) is 5.91 Å². The highest BCUT2D eigenvalue weighted by Crippen LogP contribution is 2.25. The molecule has 1 amide bonds. The molecular weight excluding hydrogens is 262 g/mol. The van der Waals surface area contributed by atoms with Crippen LogP contribution in [0.4, 0.5) is 0 Å². The molecule has 0 aromatic carbocycles. The quantitative estimate of drug-likeness (QED) is 0.923. The van der Waals surface area contributed by atoms with E-state index in [1.807, 2.05) is 20.8 Å².